The second-order valence-electron chi connectivity index (χ2n) is 16.8. The summed E-state index contributed by atoms with van der Waals surface area (Å²) in [4.78, 5) is 19.1. The summed E-state index contributed by atoms with van der Waals surface area (Å²) in [5.41, 5.74) is 8.43. The molecule has 0 spiro atoms. The van der Waals surface area contributed by atoms with Crippen LogP contribution in [0.1, 0.15) is 116 Å². The third-order valence-electron chi connectivity index (χ3n) is 11.3. The topological polar surface area (TPSA) is 64.3 Å². The highest BCUT2D eigenvalue weighted by Crippen LogP contribution is 2.46. The van der Waals surface area contributed by atoms with Crippen molar-refractivity contribution in [3.63, 3.8) is 0 Å². The molecule has 7 aromatic rings. The fraction of sp³-hybridized carbons (Fsp3) is 0.356. The van der Waals surface area contributed by atoms with Gasteiger partial charge in [-0.2, -0.15) is 0 Å². The molecule has 1 N–H and O–H groups in total. The van der Waals surface area contributed by atoms with Crippen LogP contribution < -0.4 is 0 Å². The molecular weight excluding hydrogens is 625 g/mol. The highest BCUT2D eigenvalue weighted by Gasteiger charge is 2.44. The Labute approximate surface area is 303 Å². The number of nitrogens with one attached hydrogen (secondary N) is 1. The quantitative estimate of drug-likeness (QED) is 0.174. The van der Waals surface area contributed by atoms with Gasteiger partial charge in [-0.15, -0.1) is 0 Å². The summed E-state index contributed by atoms with van der Waals surface area (Å²) in [5, 5.41) is 2.46. The van der Waals surface area contributed by atoms with Crippen molar-refractivity contribution >= 4 is 21.8 Å². The molecule has 0 saturated heterocycles. The maximum atomic E-state index is 5.57. The SMILES string of the molecule is CC(C)c1cccc(C(C)C)c1-n1cc(C(C)(C)C(C)(C)c2cc(C(C)(C)C)cc(-n3c4ccccc4c4ccccc43)n2)nc1-c1ncc[nH]1. The van der Waals surface area contributed by atoms with Crippen LogP contribution in [-0.2, 0) is 16.2 Å². The first kappa shape index (κ1) is 34.5. The van der Waals surface area contributed by atoms with Crippen molar-refractivity contribution in [3.8, 4) is 23.2 Å². The Morgan fingerprint density at radius 1 is 0.647 bits per heavy atom. The Balaban J connectivity index is 1.45. The first-order valence-corrected chi connectivity index (χ1v) is 18.4. The summed E-state index contributed by atoms with van der Waals surface area (Å²) < 4.78 is 4.63. The molecule has 3 aromatic carbocycles. The summed E-state index contributed by atoms with van der Waals surface area (Å²) in [6.45, 7) is 25.2. The van der Waals surface area contributed by atoms with E-state index in [0.29, 0.717) is 11.8 Å². The number of para-hydroxylation sites is 3. The molecule has 0 bridgehead atoms. The lowest BCUT2D eigenvalue weighted by Crippen LogP contribution is -2.41. The number of hydrogen-bond acceptors (Lipinski definition) is 3. The predicted molar refractivity (Wildman–Crippen MR) is 213 cm³/mol. The van der Waals surface area contributed by atoms with Gasteiger partial charge in [0.2, 0.25) is 0 Å². The molecule has 0 aliphatic heterocycles. The highest BCUT2D eigenvalue weighted by atomic mass is 15.1. The lowest BCUT2D eigenvalue weighted by atomic mass is 9.64. The van der Waals surface area contributed by atoms with Crippen molar-refractivity contribution in [2.45, 2.75) is 104 Å². The van der Waals surface area contributed by atoms with Crippen LogP contribution in [0.4, 0.5) is 0 Å². The molecule has 7 rings (SSSR count). The second-order valence-corrected chi connectivity index (χ2v) is 16.8. The van der Waals surface area contributed by atoms with E-state index < -0.39 is 10.8 Å². The van der Waals surface area contributed by atoms with E-state index in [9.17, 15) is 0 Å². The van der Waals surface area contributed by atoms with E-state index in [-0.39, 0.29) is 5.41 Å². The average molecular weight is 677 g/mol. The van der Waals surface area contributed by atoms with E-state index in [4.69, 9.17) is 15.0 Å². The van der Waals surface area contributed by atoms with Crippen LogP contribution in [0.5, 0.6) is 0 Å². The summed E-state index contributed by atoms with van der Waals surface area (Å²) in [5.74, 6) is 3.18. The zero-order valence-electron chi connectivity index (χ0n) is 32.1. The largest absolute Gasteiger partial charge is 0.342 e. The molecule has 0 atom stereocenters. The Kier molecular flexibility index (Phi) is 8.36. The summed E-state index contributed by atoms with van der Waals surface area (Å²) in [7, 11) is 0. The van der Waals surface area contributed by atoms with Gasteiger partial charge >= 0.3 is 0 Å². The number of pyridine rings is 1. The van der Waals surface area contributed by atoms with Crippen molar-refractivity contribution < 1.29 is 0 Å². The van der Waals surface area contributed by atoms with Crippen molar-refractivity contribution in [2.24, 2.45) is 0 Å². The van der Waals surface area contributed by atoms with Crippen LogP contribution in [0.15, 0.2) is 97.5 Å². The molecule has 4 aromatic heterocycles. The highest BCUT2D eigenvalue weighted by molar-refractivity contribution is 6.09. The Bertz CT molecular complexity index is 2280. The van der Waals surface area contributed by atoms with Crippen LogP contribution in [0, 0.1) is 0 Å². The molecule has 0 aliphatic carbocycles. The number of aromatic amines is 1. The maximum Gasteiger partial charge on any atom is 0.181 e. The smallest absolute Gasteiger partial charge is 0.181 e. The third-order valence-corrected chi connectivity index (χ3v) is 11.3. The van der Waals surface area contributed by atoms with Crippen LogP contribution in [0.3, 0.4) is 0 Å². The zero-order chi connectivity index (χ0) is 36.5. The van der Waals surface area contributed by atoms with Crippen molar-refractivity contribution in [1.29, 1.82) is 0 Å². The number of rotatable bonds is 8. The maximum absolute atomic E-state index is 5.57. The van der Waals surface area contributed by atoms with Gasteiger partial charge < -0.3 is 4.98 Å². The van der Waals surface area contributed by atoms with Gasteiger partial charge in [-0.05, 0) is 58.2 Å². The van der Waals surface area contributed by atoms with Crippen LogP contribution >= 0.6 is 0 Å². The average Bonchev–Trinajstić information content (AvgIpc) is 3.85. The number of fused-ring (bicyclic) bond motifs is 3. The molecular formula is C45H52N6. The number of H-pyrrole nitrogens is 1. The molecule has 6 heteroatoms. The number of aromatic nitrogens is 6. The lowest BCUT2D eigenvalue weighted by Gasteiger charge is -2.41. The van der Waals surface area contributed by atoms with Crippen molar-refractivity contribution in [1.82, 2.24) is 29.1 Å². The van der Waals surface area contributed by atoms with E-state index in [0.717, 1.165) is 39.9 Å². The fourth-order valence-electron chi connectivity index (χ4n) is 7.39. The minimum Gasteiger partial charge on any atom is -0.342 e. The summed E-state index contributed by atoms with van der Waals surface area (Å²) in [6.07, 6.45) is 5.94. The molecule has 0 aliphatic rings. The number of hydrogen-bond donors (Lipinski definition) is 1. The minimum atomic E-state index is -0.439. The molecule has 4 heterocycles. The Hall–Kier alpha value is -4.97. The van der Waals surface area contributed by atoms with E-state index in [2.05, 4.69) is 175 Å². The van der Waals surface area contributed by atoms with E-state index in [1.165, 1.54) is 33.2 Å². The first-order chi connectivity index (χ1) is 24.1. The Morgan fingerprint density at radius 3 is 1.75 bits per heavy atom. The van der Waals surface area contributed by atoms with E-state index >= 15 is 0 Å². The summed E-state index contributed by atoms with van der Waals surface area (Å²) >= 11 is 0. The minimum absolute atomic E-state index is 0.0900. The van der Waals surface area contributed by atoms with Gasteiger partial charge in [-0.1, -0.05) is 131 Å². The van der Waals surface area contributed by atoms with E-state index in [1.54, 1.807) is 6.20 Å². The van der Waals surface area contributed by atoms with Gasteiger partial charge in [0.25, 0.3) is 0 Å². The van der Waals surface area contributed by atoms with Gasteiger partial charge in [0.15, 0.2) is 11.6 Å². The zero-order valence-corrected chi connectivity index (χ0v) is 32.1. The van der Waals surface area contributed by atoms with E-state index in [1.807, 2.05) is 6.20 Å². The van der Waals surface area contributed by atoms with Crippen LogP contribution in [0.25, 0.3) is 45.0 Å². The number of nitrogens with zero attached hydrogens (tertiary/aromatic N) is 5. The molecule has 262 valence electrons. The van der Waals surface area contributed by atoms with Crippen molar-refractivity contribution in [3.05, 3.63) is 126 Å². The monoisotopic (exact) mass is 676 g/mol. The van der Waals surface area contributed by atoms with Gasteiger partial charge in [-0.3, -0.25) is 9.13 Å². The number of benzene rings is 3. The fourth-order valence-corrected chi connectivity index (χ4v) is 7.39. The van der Waals surface area contributed by atoms with Crippen LogP contribution in [0.2, 0.25) is 0 Å². The standard InChI is InChI=1S/C45H52N6/c1-28(2)31-19-16-20-32(29(3)4)40(31)50-27-38(49-42(50)41-46-23-24-47-41)45(10,11)44(8,9)37-25-30(43(5,6)7)26-39(48-37)51-35-21-14-12-17-33(35)34-18-13-15-22-36(34)51/h12-29H,1-11H3,(H,46,47). The van der Waals surface area contributed by atoms with Crippen molar-refractivity contribution in [2.75, 3.05) is 0 Å². The Morgan fingerprint density at radius 2 is 1.22 bits per heavy atom. The molecule has 0 fully saturated rings. The number of imidazole rings is 2. The first-order valence-electron chi connectivity index (χ1n) is 18.4. The summed E-state index contributed by atoms with van der Waals surface area (Å²) in [6, 6.07) is 28.6. The molecule has 0 unspecified atom stereocenters. The second kappa shape index (κ2) is 12.4. The van der Waals surface area contributed by atoms with Gasteiger partial charge in [0.05, 0.1) is 22.4 Å². The molecule has 0 saturated carbocycles. The molecule has 0 amide bonds. The normalized spacial score (nSPS) is 13.0. The molecule has 51 heavy (non-hydrogen) atoms. The van der Waals surface area contributed by atoms with Gasteiger partial charge in [-0.25, -0.2) is 15.0 Å². The van der Waals surface area contributed by atoms with Crippen LogP contribution in [-0.4, -0.2) is 29.1 Å². The third kappa shape index (κ3) is 5.69. The van der Waals surface area contributed by atoms with Gasteiger partial charge in [0.1, 0.15) is 5.82 Å². The molecule has 6 nitrogen and oxygen atoms in total. The predicted octanol–water partition coefficient (Wildman–Crippen LogP) is 11.6. The molecule has 0 radical (unpaired) electrons. The van der Waals surface area contributed by atoms with Gasteiger partial charge in [0, 0.05) is 45.9 Å². The lowest BCUT2D eigenvalue weighted by molar-refractivity contribution is 0.288.